The second kappa shape index (κ2) is 8.70. The van der Waals surface area contributed by atoms with E-state index in [1.165, 1.54) is 18.2 Å². The molecule has 0 amide bonds. The van der Waals surface area contributed by atoms with Crippen LogP contribution in [0.2, 0.25) is 0 Å². The van der Waals surface area contributed by atoms with Crippen LogP contribution in [0.5, 0.6) is 0 Å². The van der Waals surface area contributed by atoms with Crippen LogP contribution in [0.3, 0.4) is 0 Å². The van der Waals surface area contributed by atoms with Crippen molar-refractivity contribution in [2.75, 3.05) is 7.11 Å². The molecule has 0 N–H and O–H groups in total. The molecule has 24 heavy (non-hydrogen) atoms. The molecule has 124 valence electrons. The first-order valence-electron chi connectivity index (χ1n) is 7.90. The SMILES string of the molecule is COC(=O)Cc1ccc(C#Cc2ccc(CBr)c(C(C)C)c2)cc1. The summed E-state index contributed by atoms with van der Waals surface area (Å²) in [6.45, 7) is 4.39. The smallest absolute Gasteiger partial charge is 0.309 e. The van der Waals surface area contributed by atoms with Crippen molar-refractivity contribution >= 4 is 21.9 Å². The van der Waals surface area contributed by atoms with Crippen LogP contribution in [0.15, 0.2) is 42.5 Å². The Balaban J connectivity index is 2.17. The number of benzene rings is 2. The van der Waals surface area contributed by atoms with Crippen molar-refractivity contribution in [3.63, 3.8) is 0 Å². The fraction of sp³-hybridized carbons (Fsp3) is 0.286. The highest BCUT2D eigenvalue weighted by Gasteiger charge is 2.06. The fourth-order valence-electron chi connectivity index (χ4n) is 2.42. The molecule has 0 radical (unpaired) electrons. The van der Waals surface area contributed by atoms with Crippen LogP contribution in [-0.2, 0) is 21.3 Å². The van der Waals surface area contributed by atoms with Crippen molar-refractivity contribution in [3.05, 3.63) is 70.3 Å². The van der Waals surface area contributed by atoms with E-state index < -0.39 is 0 Å². The largest absolute Gasteiger partial charge is 0.469 e. The van der Waals surface area contributed by atoms with Gasteiger partial charge in [-0.05, 0) is 46.9 Å². The summed E-state index contributed by atoms with van der Waals surface area (Å²) in [6, 6.07) is 14.0. The minimum atomic E-state index is -0.234. The molecule has 0 saturated carbocycles. The predicted octanol–water partition coefficient (Wildman–Crippen LogP) is 4.82. The van der Waals surface area contributed by atoms with E-state index in [4.69, 9.17) is 0 Å². The lowest BCUT2D eigenvalue weighted by Gasteiger charge is -2.11. The lowest BCUT2D eigenvalue weighted by molar-refractivity contribution is -0.139. The highest BCUT2D eigenvalue weighted by Crippen LogP contribution is 2.22. The van der Waals surface area contributed by atoms with Gasteiger partial charge in [0, 0.05) is 16.5 Å². The lowest BCUT2D eigenvalue weighted by atomic mass is 9.96. The van der Waals surface area contributed by atoms with Crippen LogP contribution in [0.4, 0.5) is 0 Å². The van der Waals surface area contributed by atoms with Crippen molar-refractivity contribution in [3.8, 4) is 11.8 Å². The van der Waals surface area contributed by atoms with Crippen LogP contribution in [0, 0.1) is 11.8 Å². The Morgan fingerprint density at radius 3 is 2.29 bits per heavy atom. The monoisotopic (exact) mass is 384 g/mol. The van der Waals surface area contributed by atoms with E-state index in [-0.39, 0.29) is 12.4 Å². The Hall–Kier alpha value is -2.05. The van der Waals surface area contributed by atoms with Crippen LogP contribution in [0.25, 0.3) is 0 Å². The second-order valence-corrected chi connectivity index (χ2v) is 6.46. The number of halogens is 1. The highest BCUT2D eigenvalue weighted by molar-refractivity contribution is 9.08. The van der Waals surface area contributed by atoms with Gasteiger partial charge in [0.1, 0.15) is 0 Å². The lowest BCUT2D eigenvalue weighted by Crippen LogP contribution is -2.04. The number of hydrogen-bond acceptors (Lipinski definition) is 2. The van der Waals surface area contributed by atoms with Crippen molar-refractivity contribution in [1.82, 2.24) is 0 Å². The molecule has 0 unspecified atom stereocenters. The summed E-state index contributed by atoms with van der Waals surface area (Å²) in [6.07, 6.45) is 0.288. The Bertz CT molecular complexity index is 765. The van der Waals surface area contributed by atoms with Gasteiger partial charge in [-0.25, -0.2) is 0 Å². The molecule has 0 aromatic heterocycles. The maximum Gasteiger partial charge on any atom is 0.309 e. The molecule has 0 fully saturated rings. The van der Waals surface area contributed by atoms with Gasteiger partial charge in [0.25, 0.3) is 0 Å². The van der Waals surface area contributed by atoms with Gasteiger partial charge in [-0.1, -0.05) is 59.8 Å². The Kier molecular flexibility index (Phi) is 6.63. The Morgan fingerprint density at radius 1 is 1.08 bits per heavy atom. The van der Waals surface area contributed by atoms with Crippen LogP contribution < -0.4 is 0 Å². The van der Waals surface area contributed by atoms with Gasteiger partial charge in [0.2, 0.25) is 0 Å². The summed E-state index contributed by atoms with van der Waals surface area (Å²) in [5, 5.41) is 0.857. The first-order chi connectivity index (χ1) is 11.5. The number of carbonyl (C=O) groups excluding carboxylic acids is 1. The molecule has 0 aliphatic heterocycles. The van der Waals surface area contributed by atoms with Crippen molar-refractivity contribution in [1.29, 1.82) is 0 Å². The van der Waals surface area contributed by atoms with Crippen LogP contribution in [0.1, 0.15) is 47.6 Å². The first kappa shape index (κ1) is 18.3. The quantitative estimate of drug-likeness (QED) is 0.429. The summed E-state index contributed by atoms with van der Waals surface area (Å²) in [5.41, 5.74) is 5.51. The van der Waals surface area contributed by atoms with E-state index in [1.54, 1.807) is 0 Å². The number of ether oxygens (including phenoxy) is 1. The molecule has 2 rings (SSSR count). The third kappa shape index (κ3) is 4.97. The number of rotatable bonds is 4. The molecule has 0 saturated heterocycles. The van der Waals surface area contributed by atoms with E-state index in [2.05, 4.69) is 64.6 Å². The Labute approximate surface area is 152 Å². The predicted molar refractivity (Wildman–Crippen MR) is 101 cm³/mol. The molecule has 0 aliphatic carbocycles. The molecule has 0 bridgehead atoms. The van der Waals surface area contributed by atoms with E-state index in [1.807, 2.05) is 24.3 Å². The zero-order valence-corrected chi connectivity index (χ0v) is 15.8. The minimum Gasteiger partial charge on any atom is -0.469 e. The molecule has 2 aromatic rings. The molecular weight excluding hydrogens is 364 g/mol. The van der Waals surface area contributed by atoms with Crippen LogP contribution in [-0.4, -0.2) is 13.1 Å². The molecule has 0 atom stereocenters. The average molecular weight is 385 g/mol. The molecule has 2 nitrogen and oxygen atoms in total. The fourth-order valence-corrected chi connectivity index (χ4v) is 2.93. The number of esters is 1. The Morgan fingerprint density at radius 2 is 1.71 bits per heavy atom. The number of alkyl halides is 1. The topological polar surface area (TPSA) is 26.3 Å². The van der Waals surface area contributed by atoms with E-state index in [0.29, 0.717) is 5.92 Å². The number of hydrogen-bond donors (Lipinski definition) is 0. The van der Waals surface area contributed by atoms with Gasteiger partial charge in [0.05, 0.1) is 13.5 Å². The number of carbonyl (C=O) groups is 1. The second-order valence-electron chi connectivity index (χ2n) is 5.90. The first-order valence-corrected chi connectivity index (χ1v) is 9.02. The van der Waals surface area contributed by atoms with Gasteiger partial charge < -0.3 is 4.74 Å². The van der Waals surface area contributed by atoms with E-state index in [9.17, 15) is 4.79 Å². The normalized spacial score (nSPS) is 10.2. The van der Waals surface area contributed by atoms with Gasteiger partial charge in [-0.3, -0.25) is 4.79 Å². The molecule has 3 heteroatoms. The molecule has 2 aromatic carbocycles. The van der Waals surface area contributed by atoms with Crippen molar-refractivity contribution in [2.24, 2.45) is 0 Å². The van der Waals surface area contributed by atoms with Gasteiger partial charge >= 0.3 is 5.97 Å². The zero-order valence-electron chi connectivity index (χ0n) is 14.2. The summed E-state index contributed by atoms with van der Waals surface area (Å²) in [4.78, 5) is 11.3. The zero-order chi connectivity index (χ0) is 17.5. The van der Waals surface area contributed by atoms with E-state index in [0.717, 1.165) is 22.0 Å². The minimum absolute atomic E-state index is 0.234. The van der Waals surface area contributed by atoms with Crippen LogP contribution >= 0.6 is 15.9 Å². The van der Waals surface area contributed by atoms with Gasteiger partial charge in [0.15, 0.2) is 0 Å². The number of methoxy groups -OCH3 is 1. The third-order valence-corrected chi connectivity index (χ3v) is 4.40. The summed E-state index contributed by atoms with van der Waals surface area (Å²) < 4.78 is 4.67. The molecular formula is C21H21BrO2. The molecule has 0 spiro atoms. The summed E-state index contributed by atoms with van der Waals surface area (Å²) in [7, 11) is 1.40. The summed E-state index contributed by atoms with van der Waals surface area (Å²) >= 11 is 3.54. The van der Waals surface area contributed by atoms with Crippen molar-refractivity contribution in [2.45, 2.75) is 31.5 Å². The van der Waals surface area contributed by atoms with Gasteiger partial charge in [-0.2, -0.15) is 0 Å². The average Bonchev–Trinajstić information content (AvgIpc) is 2.60. The highest BCUT2D eigenvalue weighted by atomic mass is 79.9. The maximum absolute atomic E-state index is 11.3. The molecule has 0 aliphatic rings. The van der Waals surface area contributed by atoms with Crippen molar-refractivity contribution < 1.29 is 9.53 Å². The summed E-state index contributed by atoms with van der Waals surface area (Å²) in [5.74, 6) is 6.64. The van der Waals surface area contributed by atoms with Gasteiger partial charge in [-0.15, -0.1) is 0 Å². The standard InChI is InChI=1S/C21H21BrO2/c1-15(2)20-12-17(10-11-19(20)14-22)7-4-16-5-8-18(9-6-16)13-21(23)24-3/h5-6,8-12,15H,13-14H2,1-3H3. The maximum atomic E-state index is 11.3. The van der Waals surface area contributed by atoms with E-state index >= 15 is 0 Å². The third-order valence-electron chi connectivity index (χ3n) is 3.79. The molecule has 0 heterocycles.